The van der Waals surface area contributed by atoms with E-state index in [-0.39, 0.29) is 34.4 Å². The minimum atomic E-state index is -5.39. The number of hydrogen-bond acceptors (Lipinski definition) is 24. The number of amides is 8. The Morgan fingerprint density at radius 1 is 0.804 bits per heavy atom. The molecule has 2 fully saturated rings. The van der Waals surface area contributed by atoms with Gasteiger partial charge in [0.15, 0.2) is 23.1 Å². The summed E-state index contributed by atoms with van der Waals surface area (Å²) in [5, 5.41) is 87.4. The molecule has 35 heteroatoms. The minimum absolute atomic E-state index is 0.0138. The number of benzene rings is 2. The van der Waals surface area contributed by atoms with E-state index in [9.17, 15) is 92.1 Å². The van der Waals surface area contributed by atoms with Gasteiger partial charge in [-0.15, -0.1) is 8.42 Å². The van der Waals surface area contributed by atoms with Crippen LogP contribution in [0.25, 0.3) is 10.9 Å². The first-order valence-electron chi connectivity index (χ1n) is 29.5. The number of fused-ring (bicyclic) bond motifs is 5. The third kappa shape index (κ3) is 17.5. The van der Waals surface area contributed by atoms with Gasteiger partial charge in [0.1, 0.15) is 65.4 Å². The summed E-state index contributed by atoms with van der Waals surface area (Å²) in [4.78, 5) is 144. The first-order valence-corrected chi connectivity index (χ1v) is 32.2. The van der Waals surface area contributed by atoms with Crippen molar-refractivity contribution >= 4 is 90.9 Å². The zero-order valence-corrected chi connectivity index (χ0v) is 52.2. The van der Waals surface area contributed by atoms with E-state index in [0.717, 1.165) is 29.2 Å². The number of aromatic nitrogens is 1. The van der Waals surface area contributed by atoms with Gasteiger partial charge in [0.25, 0.3) is 0 Å². The highest BCUT2D eigenvalue weighted by atomic mass is 32.3. The summed E-state index contributed by atoms with van der Waals surface area (Å²) in [6, 6.07) is -4.13. The molecule has 0 aliphatic carbocycles. The number of rotatable bonds is 17. The van der Waals surface area contributed by atoms with Crippen LogP contribution in [0.5, 0.6) is 17.2 Å². The molecule has 4 aliphatic heterocycles. The van der Waals surface area contributed by atoms with Gasteiger partial charge in [-0.1, -0.05) is 41.0 Å². The molecule has 1 unspecified atom stereocenters. The molecule has 16 atom stereocenters. The zero-order chi connectivity index (χ0) is 67.8. The molecule has 92 heavy (non-hydrogen) atoms. The zero-order valence-electron chi connectivity index (χ0n) is 50.6. The molecule has 5 heterocycles. The maximum Gasteiger partial charge on any atom is 0.501 e. The lowest BCUT2D eigenvalue weighted by molar-refractivity contribution is -0.277. The van der Waals surface area contributed by atoms with Crippen molar-refractivity contribution in [3.05, 3.63) is 47.5 Å². The Balaban J connectivity index is 1.37. The number of ketones is 2. The number of aliphatic hydroxyl groups excluding tert-OH is 7. The quantitative estimate of drug-likeness (QED) is 0.0562. The molecule has 0 radical (unpaired) electrons. The summed E-state index contributed by atoms with van der Waals surface area (Å²) >= 11 is 0. The van der Waals surface area contributed by atoms with E-state index in [1.165, 1.54) is 19.1 Å². The highest BCUT2D eigenvalue weighted by Gasteiger charge is 2.47. The van der Waals surface area contributed by atoms with Crippen molar-refractivity contribution in [2.75, 3.05) is 32.1 Å². The Hall–Kier alpha value is -7.74. The fourth-order valence-corrected chi connectivity index (χ4v) is 12.9. The number of nitrogens with two attached hydrogens (primary N) is 1. The van der Waals surface area contributed by atoms with Gasteiger partial charge in [-0.3, -0.25) is 52.2 Å². The van der Waals surface area contributed by atoms with Crippen LogP contribution in [0.15, 0.2) is 41.4 Å². The Bertz CT molecular complexity index is 3440. The smallest absolute Gasteiger partial charge is 0.458 e. The van der Waals surface area contributed by atoms with E-state index < -0.39 is 257 Å². The molecule has 2 saturated heterocycles. The number of nitrogens with one attached hydrogen (secondary N) is 7. The lowest BCUT2D eigenvalue weighted by atomic mass is 9.93. The molecule has 0 spiro atoms. The van der Waals surface area contributed by atoms with Crippen molar-refractivity contribution in [2.45, 2.75) is 164 Å². The van der Waals surface area contributed by atoms with Crippen LogP contribution in [0.4, 0.5) is 0 Å². The SMILES string of the molecule is CC[C@@H](C)[C@H]1NC(=O)CNC(=O)[C@H]2Cc3c([nH]c4cc(OS(=O)(=O)Oc5cc(C(=O)CC(C)C)ccc5O[C@@H]5O[C@H](CO)[C@H](O)[C@H](O)[C@H]5O)ccc34)S(=O)C[C@@H](NC(=O)CCC1=O)C(=O)N[C@H](CC(N)=O)C(=O)N1C[C@@H](O)C[C@@H]1C(=O)N[C@H]([C@H](C)[C@H](O)CO)C(=O)N2. The van der Waals surface area contributed by atoms with Crippen molar-refractivity contribution in [2.24, 2.45) is 23.5 Å². The molecule has 3 aromatic rings. The number of primary amides is 1. The third-order valence-corrected chi connectivity index (χ3v) is 18.3. The Morgan fingerprint density at radius 2 is 1.52 bits per heavy atom. The Kier molecular flexibility index (Phi) is 24.0. The first kappa shape index (κ1) is 71.7. The number of H-pyrrole nitrogens is 1. The molecule has 0 saturated carbocycles. The van der Waals surface area contributed by atoms with Crippen LogP contribution >= 0.6 is 0 Å². The van der Waals surface area contributed by atoms with Crippen molar-refractivity contribution in [1.82, 2.24) is 41.8 Å². The Morgan fingerprint density at radius 3 is 2.18 bits per heavy atom. The number of hydrogen-bond donors (Lipinski definition) is 15. The van der Waals surface area contributed by atoms with Crippen LogP contribution in [0.3, 0.4) is 0 Å². The van der Waals surface area contributed by atoms with Crippen molar-refractivity contribution in [1.29, 1.82) is 0 Å². The minimum Gasteiger partial charge on any atom is -0.458 e. The number of carbonyl (C=O) groups excluding carboxylic acids is 10. The average molecular weight is 1340 g/mol. The lowest BCUT2D eigenvalue weighted by Crippen LogP contribution is -2.62. The van der Waals surface area contributed by atoms with E-state index in [1.807, 2.05) is 0 Å². The van der Waals surface area contributed by atoms with Gasteiger partial charge >= 0.3 is 10.4 Å². The number of ether oxygens (including phenoxy) is 2. The summed E-state index contributed by atoms with van der Waals surface area (Å²) in [7, 11) is -8.04. The maximum atomic E-state index is 15.2. The van der Waals surface area contributed by atoms with E-state index in [2.05, 4.69) is 36.9 Å². The highest BCUT2D eigenvalue weighted by Crippen LogP contribution is 2.36. The average Bonchev–Trinajstić information content (AvgIpc) is 1.56. The van der Waals surface area contributed by atoms with Gasteiger partial charge in [0.05, 0.1) is 66.5 Å². The third-order valence-electron chi connectivity index (χ3n) is 16.1. The molecular weight excluding hydrogens is 1260 g/mol. The number of aliphatic hydroxyl groups is 7. The van der Waals surface area contributed by atoms with Crippen molar-refractivity contribution in [3.63, 3.8) is 0 Å². The molecule has 7 rings (SSSR count). The molecule has 2 bridgehead atoms. The number of aromatic amines is 1. The number of Topliss-reactive ketones (excluding diaryl/α,β-unsaturated/α-hetero) is 2. The molecule has 506 valence electrons. The molecule has 33 nitrogen and oxygen atoms in total. The molecule has 16 N–H and O–H groups in total. The lowest BCUT2D eigenvalue weighted by Gasteiger charge is -2.39. The fraction of sp³-hybridized carbons (Fsp3) is 0.579. The van der Waals surface area contributed by atoms with Crippen LogP contribution in [-0.4, -0.2) is 228 Å². The summed E-state index contributed by atoms with van der Waals surface area (Å²) in [5.41, 5.74) is 5.16. The van der Waals surface area contributed by atoms with Gasteiger partial charge in [-0.2, -0.15) is 0 Å². The Labute approximate surface area is 528 Å². The standard InChI is InChI=1S/C57H77N9O24S2/c1-6-25(4)46-37(70)10-12-44(74)60-35-23-91(84)55-31(30-9-8-29(16-32(30)63-55)89-92(85,86)90-41-14-27(38(71)13-24(2)3)7-11-40(41)87-57-50(78)49(77)48(76)42(22-68)88-57)17-33(51(79)59-19-45(75)64-46)61-54(82)47(26(5)39(72)21-67)65-53(81)36-15-28(69)20-66(36)56(83)34(18-43(58)73)62-52(35)80/h7-9,11,14,16,24-26,28,33-36,39,42,46-50,57,63,67-69,72,76-78H,6,10,12-13,15,17-23H2,1-5H3,(H2,58,73)(H,59,79)(H,60,74)(H,61,82)(H,62,80)(H,64,75)(H,65,81)/t25-,26-,28+,33-,34-,35-,36-,39-,42-,46-,47-,48+,49+,50-,57-,91?/m1/s1. The van der Waals surface area contributed by atoms with Gasteiger partial charge in [-0.05, 0) is 47.7 Å². The van der Waals surface area contributed by atoms with Crippen LogP contribution < -0.4 is 50.7 Å². The highest BCUT2D eigenvalue weighted by molar-refractivity contribution is 7.85. The van der Waals surface area contributed by atoms with Gasteiger partial charge < -0.3 is 101 Å². The maximum absolute atomic E-state index is 15.2. The molecule has 4 aliphatic rings. The van der Waals surface area contributed by atoms with Gasteiger partial charge in [-0.25, -0.2) is 0 Å². The number of carbonyl (C=O) groups is 10. The first-order chi connectivity index (χ1) is 43.3. The predicted molar refractivity (Wildman–Crippen MR) is 317 cm³/mol. The topological polar surface area (TPSA) is 518 Å². The molecular formula is C57H77N9O24S2. The van der Waals surface area contributed by atoms with Crippen LogP contribution in [0, 0.1) is 17.8 Å². The summed E-state index contributed by atoms with van der Waals surface area (Å²) in [6.45, 7) is 4.79. The van der Waals surface area contributed by atoms with E-state index in [0.29, 0.717) is 6.42 Å². The van der Waals surface area contributed by atoms with Crippen LogP contribution in [-0.2, 0) is 75.5 Å². The number of nitrogens with zero attached hydrogens (tertiary/aromatic N) is 1. The second-order valence-electron chi connectivity index (χ2n) is 23.4. The molecule has 8 amide bonds. The summed E-state index contributed by atoms with van der Waals surface area (Å²) < 4.78 is 65.2. The molecule has 2 aromatic carbocycles. The summed E-state index contributed by atoms with van der Waals surface area (Å²) in [5.74, 6) is -15.2. The van der Waals surface area contributed by atoms with E-state index in [1.54, 1.807) is 27.7 Å². The van der Waals surface area contributed by atoms with Crippen molar-refractivity contribution < 1.29 is 114 Å². The van der Waals surface area contributed by atoms with Crippen molar-refractivity contribution in [3.8, 4) is 17.2 Å². The summed E-state index contributed by atoms with van der Waals surface area (Å²) in [6.07, 6.45) is -15.3. The normalized spacial score (nSPS) is 28.7. The second kappa shape index (κ2) is 30.8. The monoisotopic (exact) mass is 1340 g/mol. The largest absolute Gasteiger partial charge is 0.501 e. The second-order valence-corrected chi connectivity index (χ2v) is 26.0. The van der Waals surface area contributed by atoms with Gasteiger partial charge in [0.2, 0.25) is 53.5 Å². The van der Waals surface area contributed by atoms with E-state index >= 15 is 4.21 Å². The van der Waals surface area contributed by atoms with Crippen LogP contribution in [0.2, 0.25) is 0 Å². The fourth-order valence-electron chi connectivity index (χ4n) is 10.8. The van der Waals surface area contributed by atoms with E-state index in [4.69, 9.17) is 23.6 Å². The molecule has 1 aromatic heterocycles. The van der Waals surface area contributed by atoms with Crippen LogP contribution in [0.1, 0.15) is 89.1 Å². The van der Waals surface area contributed by atoms with Gasteiger partial charge in [0, 0.05) is 61.6 Å². The predicted octanol–water partition coefficient (Wildman–Crippen LogP) is -5.28.